The molecule has 0 aliphatic carbocycles. The van der Waals surface area contributed by atoms with Crippen molar-refractivity contribution in [3.63, 3.8) is 0 Å². The quantitative estimate of drug-likeness (QED) is 0.838. The van der Waals surface area contributed by atoms with Gasteiger partial charge in [0.15, 0.2) is 0 Å². The Morgan fingerprint density at radius 2 is 1.85 bits per heavy atom. The lowest BCUT2D eigenvalue weighted by Gasteiger charge is -2.19. The molecule has 2 aromatic rings. The molecule has 2 rings (SSSR count). The molecule has 1 aromatic heterocycles. The predicted octanol–water partition coefficient (Wildman–Crippen LogP) is 4.57. The molecule has 106 valence electrons. The second kappa shape index (κ2) is 5.75. The molecule has 0 unspecified atom stereocenters. The van der Waals surface area contributed by atoms with Gasteiger partial charge in [-0.05, 0) is 29.2 Å². The van der Waals surface area contributed by atoms with E-state index in [0.29, 0.717) is 11.5 Å². The Balaban J connectivity index is 2.04. The van der Waals surface area contributed by atoms with Crippen molar-refractivity contribution in [3.8, 4) is 0 Å². The first kappa shape index (κ1) is 14.7. The summed E-state index contributed by atoms with van der Waals surface area (Å²) in [6.45, 7) is 6.53. The maximum Gasteiger partial charge on any atom is 0.339 e. The molecule has 0 bridgehead atoms. The molecule has 0 saturated heterocycles. The van der Waals surface area contributed by atoms with E-state index in [0.717, 1.165) is 4.90 Å². The molecule has 1 N–H and O–H groups in total. The lowest BCUT2D eigenvalue weighted by Crippen LogP contribution is -2.10. The third-order valence-corrected chi connectivity index (χ3v) is 4.08. The maximum absolute atomic E-state index is 11.0. The predicted molar refractivity (Wildman–Crippen MR) is 80.4 cm³/mol. The Morgan fingerprint density at radius 3 is 2.40 bits per heavy atom. The molecule has 0 spiro atoms. The van der Waals surface area contributed by atoms with E-state index in [2.05, 4.69) is 45.0 Å². The van der Waals surface area contributed by atoms with Gasteiger partial charge in [-0.3, -0.25) is 0 Å². The van der Waals surface area contributed by atoms with Crippen LogP contribution in [0.1, 0.15) is 42.5 Å². The second-order valence-electron chi connectivity index (χ2n) is 5.63. The van der Waals surface area contributed by atoms with E-state index in [-0.39, 0.29) is 11.0 Å². The molecule has 0 amide bonds. The highest BCUT2D eigenvalue weighted by molar-refractivity contribution is 7.98. The number of benzene rings is 1. The fraction of sp³-hybridized carbons (Fsp3) is 0.312. The van der Waals surface area contributed by atoms with Gasteiger partial charge in [0.2, 0.25) is 0 Å². The van der Waals surface area contributed by atoms with Crippen LogP contribution >= 0.6 is 11.8 Å². The Bertz CT molecular complexity index is 591. The third-order valence-electron chi connectivity index (χ3n) is 3.07. The zero-order valence-electron chi connectivity index (χ0n) is 11.8. The summed E-state index contributed by atoms with van der Waals surface area (Å²) >= 11 is 1.57. The Hall–Kier alpha value is -1.68. The zero-order chi connectivity index (χ0) is 14.8. The minimum atomic E-state index is -0.947. The van der Waals surface area contributed by atoms with Gasteiger partial charge in [-0.1, -0.05) is 32.9 Å². The zero-order valence-corrected chi connectivity index (χ0v) is 12.7. The molecule has 0 radical (unpaired) electrons. The van der Waals surface area contributed by atoms with Crippen LogP contribution in [0.15, 0.2) is 45.9 Å². The summed E-state index contributed by atoms with van der Waals surface area (Å²) in [5.41, 5.74) is 1.66. The molecule has 0 aliphatic rings. The SMILES string of the molecule is CC(C)(C)c1ccc(SCc2occc2C(=O)O)cc1. The van der Waals surface area contributed by atoms with Gasteiger partial charge in [-0.25, -0.2) is 4.79 Å². The summed E-state index contributed by atoms with van der Waals surface area (Å²) in [7, 11) is 0. The molecule has 1 heterocycles. The summed E-state index contributed by atoms with van der Waals surface area (Å²) in [6.07, 6.45) is 1.42. The number of aromatic carboxylic acids is 1. The number of furan rings is 1. The van der Waals surface area contributed by atoms with E-state index in [1.165, 1.54) is 17.9 Å². The van der Waals surface area contributed by atoms with Gasteiger partial charge in [-0.2, -0.15) is 0 Å². The van der Waals surface area contributed by atoms with E-state index in [4.69, 9.17) is 9.52 Å². The fourth-order valence-corrected chi connectivity index (χ4v) is 2.69. The second-order valence-corrected chi connectivity index (χ2v) is 6.67. The van der Waals surface area contributed by atoms with E-state index < -0.39 is 5.97 Å². The first-order valence-electron chi connectivity index (χ1n) is 6.41. The van der Waals surface area contributed by atoms with Crippen molar-refractivity contribution < 1.29 is 14.3 Å². The standard InChI is InChI=1S/C16H18O3S/c1-16(2,3)11-4-6-12(7-5-11)20-10-14-13(15(17)18)8-9-19-14/h4-9H,10H2,1-3H3,(H,17,18). The smallest absolute Gasteiger partial charge is 0.339 e. The average molecular weight is 290 g/mol. The number of carboxylic acid groups (broad SMARTS) is 1. The van der Waals surface area contributed by atoms with Crippen LogP contribution in [0.3, 0.4) is 0 Å². The minimum absolute atomic E-state index is 0.140. The normalized spacial score (nSPS) is 11.6. The fourth-order valence-electron chi connectivity index (χ4n) is 1.84. The van der Waals surface area contributed by atoms with Gasteiger partial charge < -0.3 is 9.52 Å². The van der Waals surface area contributed by atoms with Crippen LogP contribution in [0.2, 0.25) is 0 Å². The number of hydrogen-bond donors (Lipinski definition) is 1. The van der Waals surface area contributed by atoms with Crippen LogP contribution in [-0.4, -0.2) is 11.1 Å². The molecule has 0 saturated carbocycles. The van der Waals surface area contributed by atoms with Gasteiger partial charge in [0.05, 0.1) is 12.0 Å². The van der Waals surface area contributed by atoms with Crippen molar-refractivity contribution in [1.82, 2.24) is 0 Å². The van der Waals surface area contributed by atoms with Crippen LogP contribution in [0.5, 0.6) is 0 Å². The highest BCUT2D eigenvalue weighted by Crippen LogP contribution is 2.28. The van der Waals surface area contributed by atoms with Crippen molar-refractivity contribution in [2.24, 2.45) is 0 Å². The van der Waals surface area contributed by atoms with Crippen LogP contribution in [0.25, 0.3) is 0 Å². The molecule has 4 heteroatoms. The van der Waals surface area contributed by atoms with Crippen molar-refractivity contribution in [1.29, 1.82) is 0 Å². The molecule has 20 heavy (non-hydrogen) atoms. The van der Waals surface area contributed by atoms with E-state index in [1.807, 2.05) is 0 Å². The monoisotopic (exact) mass is 290 g/mol. The number of carboxylic acids is 1. The molecular formula is C16H18O3S. The van der Waals surface area contributed by atoms with E-state index in [9.17, 15) is 4.79 Å². The van der Waals surface area contributed by atoms with Crippen LogP contribution in [0.4, 0.5) is 0 Å². The average Bonchev–Trinajstić information content (AvgIpc) is 2.84. The Morgan fingerprint density at radius 1 is 1.20 bits per heavy atom. The van der Waals surface area contributed by atoms with Crippen molar-refractivity contribution in [2.75, 3.05) is 0 Å². The molecular weight excluding hydrogens is 272 g/mol. The van der Waals surface area contributed by atoms with Gasteiger partial charge >= 0.3 is 5.97 Å². The Kier molecular flexibility index (Phi) is 4.23. The van der Waals surface area contributed by atoms with E-state index >= 15 is 0 Å². The van der Waals surface area contributed by atoms with Crippen molar-refractivity contribution in [2.45, 2.75) is 36.8 Å². The summed E-state index contributed by atoms with van der Waals surface area (Å²) in [5, 5.41) is 9.01. The van der Waals surface area contributed by atoms with Crippen LogP contribution in [-0.2, 0) is 11.2 Å². The highest BCUT2D eigenvalue weighted by atomic mass is 32.2. The summed E-state index contributed by atoms with van der Waals surface area (Å²) < 4.78 is 5.22. The number of rotatable bonds is 4. The molecule has 0 aliphatic heterocycles. The largest absolute Gasteiger partial charge is 0.478 e. The third kappa shape index (κ3) is 3.45. The van der Waals surface area contributed by atoms with Crippen LogP contribution in [0, 0.1) is 0 Å². The van der Waals surface area contributed by atoms with Crippen molar-refractivity contribution >= 4 is 17.7 Å². The van der Waals surface area contributed by atoms with Gasteiger partial charge in [0.1, 0.15) is 11.3 Å². The molecule has 1 aromatic carbocycles. The molecule has 0 fully saturated rings. The molecule has 0 atom stereocenters. The number of hydrogen-bond acceptors (Lipinski definition) is 3. The summed E-state index contributed by atoms with van der Waals surface area (Å²) in [4.78, 5) is 12.1. The number of carbonyl (C=O) groups is 1. The Labute approximate surface area is 123 Å². The lowest BCUT2D eigenvalue weighted by atomic mass is 9.87. The topological polar surface area (TPSA) is 50.4 Å². The maximum atomic E-state index is 11.0. The number of thioether (sulfide) groups is 1. The first-order valence-corrected chi connectivity index (χ1v) is 7.39. The van der Waals surface area contributed by atoms with Gasteiger partial charge in [-0.15, -0.1) is 11.8 Å². The lowest BCUT2D eigenvalue weighted by molar-refractivity contribution is 0.0695. The summed E-state index contributed by atoms with van der Waals surface area (Å²) in [5.74, 6) is 0.0728. The van der Waals surface area contributed by atoms with Crippen LogP contribution < -0.4 is 0 Å². The van der Waals surface area contributed by atoms with Crippen molar-refractivity contribution in [3.05, 3.63) is 53.5 Å². The summed E-state index contributed by atoms with van der Waals surface area (Å²) in [6, 6.07) is 9.84. The van der Waals surface area contributed by atoms with Gasteiger partial charge in [0.25, 0.3) is 0 Å². The van der Waals surface area contributed by atoms with Gasteiger partial charge in [0, 0.05) is 4.90 Å². The van der Waals surface area contributed by atoms with E-state index in [1.54, 1.807) is 11.8 Å². The highest BCUT2D eigenvalue weighted by Gasteiger charge is 2.15. The molecule has 3 nitrogen and oxygen atoms in total. The minimum Gasteiger partial charge on any atom is -0.478 e. The first-order chi connectivity index (χ1) is 9.38.